The minimum atomic E-state index is -0.215. The van der Waals surface area contributed by atoms with Crippen LogP contribution in [0.2, 0.25) is 0 Å². The molecule has 152 valence electrons. The van der Waals surface area contributed by atoms with Crippen LogP contribution in [0.4, 0.5) is 19.9 Å². The van der Waals surface area contributed by atoms with Gasteiger partial charge in [-0.2, -0.15) is 0 Å². The average molecular weight is 423 g/mol. The molecule has 3 rings (SSSR count). The first-order chi connectivity index (χ1) is 13.5. The molecule has 0 saturated heterocycles. The smallest absolute Gasteiger partial charge is 0.321 e. The number of anilines is 2. The first kappa shape index (κ1) is 20.5. The van der Waals surface area contributed by atoms with Gasteiger partial charge in [0, 0.05) is 23.8 Å². The van der Waals surface area contributed by atoms with Crippen molar-refractivity contribution in [2.24, 2.45) is 11.8 Å². The van der Waals surface area contributed by atoms with Gasteiger partial charge < -0.3 is 10.6 Å². The fourth-order valence-electron chi connectivity index (χ4n) is 3.35. The van der Waals surface area contributed by atoms with Crippen molar-refractivity contribution in [1.82, 2.24) is 20.6 Å². The maximum Gasteiger partial charge on any atom is 0.321 e. The molecule has 2 atom stereocenters. The summed E-state index contributed by atoms with van der Waals surface area (Å²) < 4.78 is 0. The number of hydrogen-bond acceptors (Lipinski definition) is 6. The second kappa shape index (κ2) is 9.83. The molecule has 1 aliphatic rings. The molecule has 8 nitrogen and oxygen atoms in total. The van der Waals surface area contributed by atoms with Gasteiger partial charge >= 0.3 is 12.1 Å². The average Bonchev–Trinajstić information content (AvgIpc) is 3.26. The minimum Gasteiger partial charge on any atom is -0.338 e. The van der Waals surface area contributed by atoms with Crippen LogP contribution in [0.3, 0.4) is 0 Å². The van der Waals surface area contributed by atoms with Gasteiger partial charge in [-0.05, 0) is 44.9 Å². The van der Waals surface area contributed by atoms with Gasteiger partial charge in [-0.15, -0.1) is 22.7 Å². The number of carbonyl (C=O) groups excluding carboxylic acids is 2. The number of carbonyl (C=O) groups is 2. The molecule has 0 bridgehead atoms. The van der Waals surface area contributed by atoms with Gasteiger partial charge in [0.1, 0.15) is 0 Å². The van der Waals surface area contributed by atoms with E-state index in [2.05, 4.69) is 31.2 Å². The lowest BCUT2D eigenvalue weighted by Gasteiger charge is -2.29. The van der Waals surface area contributed by atoms with Crippen molar-refractivity contribution >= 4 is 45.0 Å². The van der Waals surface area contributed by atoms with E-state index in [1.165, 1.54) is 22.7 Å². The van der Waals surface area contributed by atoms with E-state index in [-0.39, 0.29) is 12.1 Å². The largest absolute Gasteiger partial charge is 0.338 e. The number of hydrogen-bond donors (Lipinski definition) is 4. The fraction of sp³-hybridized carbons (Fsp3) is 0.556. The van der Waals surface area contributed by atoms with E-state index in [9.17, 15) is 9.59 Å². The van der Waals surface area contributed by atoms with Crippen LogP contribution in [0.25, 0.3) is 0 Å². The van der Waals surface area contributed by atoms with Gasteiger partial charge in [0.25, 0.3) is 0 Å². The van der Waals surface area contributed by atoms with Crippen molar-refractivity contribution < 1.29 is 9.59 Å². The normalized spacial score (nSPS) is 19.1. The van der Waals surface area contributed by atoms with Crippen molar-refractivity contribution in [1.29, 1.82) is 0 Å². The molecule has 0 aromatic carbocycles. The van der Waals surface area contributed by atoms with Crippen LogP contribution < -0.4 is 21.3 Å². The first-order valence-electron chi connectivity index (χ1n) is 9.42. The number of aromatic nitrogens is 2. The molecule has 2 aromatic rings. The molecular weight excluding hydrogens is 396 g/mol. The maximum atomic E-state index is 12.0. The number of aryl methyl sites for hydroxylation is 2. The predicted molar refractivity (Wildman–Crippen MR) is 113 cm³/mol. The topological polar surface area (TPSA) is 108 Å². The van der Waals surface area contributed by atoms with Gasteiger partial charge in [-0.1, -0.05) is 6.42 Å². The monoisotopic (exact) mass is 422 g/mol. The van der Waals surface area contributed by atoms with Crippen LogP contribution in [0.5, 0.6) is 0 Å². The Hall–Kier alpha value is -2.20. The van der Waals surface area contributed by atoms with Crippen LogP contribution in [0, 0.1) is 25.7 Å². The third kappa shape index (κ3) is 6.45. The number of nitrogens with zero attached hydrogens (tertiary/aromatic N) is 2. The summed E-state index contributed by atoms with van der Waals surface area (Å²) in [6, 6.07) is -0.430. The van der Waals surface area contributed by atoms with E-state index < -0.39 is 0 Å². The highest BCUT2D eigenvalue weighted by Crippen LogP contribution is 2.28. The SMILES string of the molecule is Cc1csc(NC(=O)NC[C@H]2CCC[C@@H](CNC(=O)Nc3nc(C)cs3)C2)n1. The Kier molecular flexibility index (Phi) is 7.21. The predicted octanol–water partition coefficient (Wildman–Crippen LogP) is 3.97. The van der Waals surface area contributed by atoms with E-state index in [1.807, 2.05) is 24.6 Å². The summed E-state index contributed by atoms with van der Waals surface area (Å²) in [6.45, 7) is 5.07. The number of urea groups is 2. The lowest BCUT2D eigenvalue weighted by atomic mass is 9.81. The summed E-state index contributed by atoms with van der Waals surface area (Å²) in [6.07, 6.45) is 4.29. The van der Waals surface area contributed by atoms with Crippen LogP contribution >= 0.6 is 22.7 Å². The Balaban J connectivity index is 1.35. The van der Waals surface area contributed by atoms with E-state index >= 15 is 0 Å². The van der Waals surface area contributed by atoms with Gasteiger partial charge in [0.05, 0.1) is 11.4 Å². The zero-order valence-electron chi connectivity index (χ0n) is 16.1. The summed E-state index contributed by atoms with van der Waals surface area (Å²) in [5, 5.41) is 16.4. The molecule has 1 fully saturated rings. The van der Waals surface area contributed by atoms with Gasteiger partial charge in [-0.25, -0.2) is 19.6 Å². The van der Waals surface area contributed by atoms with E-state index in [4.69, 9.17) is 0 Å². The van der Waals surface area contributed by atoms with Gasteiger partial charge in [0.15, 0.2) is 10.3 Å². The zero-order valence-corrected chi connectivity index (χ0v) is 17.7. The van der Waals surface area contributed by atoms with Crippen molar-refractivity contribution in [2.75, 3.05) is 23.7 Å². The maximum absolute atomic E-state index is 12.0. The number of thiazole rings is 2. The first-order valence-corrected chi connectivity index (χ1v) is 11.2. The summed E-state index contributed by atoms with van der Waals surface area (Å²) in [7, 11) is 0. The van der Waals surface area contributed by atoms with Gasteiger partial charge in [-0.3, -0.25) is 10.6 Å². The van der Waals surface area contributed by atoms with Crippen molar-refractivity contribution in [3.8, 4) is 0 Å². The number of rotatable bonds is 6. The van der Waals surface area contributed by atoms with Gasteiger partial charge in [0.2, 0.25) is 0 Å². The molecule has 1 saturated carbocycles. The highest BCUT2D eigenvalue weighted by atomic mass is 32.1. The standard InChI is InChI=1S/C18H26N6O2S2/c1-11-9-27-17(21-11)23-15(25)19-7-13-4-3-5-14(6-13)8-20-16(26)24-18-22-12(2)10-28-18/h9-10,13-14H,3-8H2,1-2H3,(H2,19,21,23,25)(H2,20,22,24,26)/t13-,14+. The number of nitrogens with one attached hydrogen (secondary N) is 4. The molecule has 0 unspecified atom stereocenters. The Morgan fingerprint density at radius 1 is 0.929 bits per heavy atom. The highest BCUT2D eigenvalue weighted by Gasteiger charge is 2.23. The van der Waals surface area contributed by atoms with E-state index in [0.717, 1.165) is 37.1 Å². The highest BCUT2D eigenvalue weighted by molar-refractivity contribution is 7.14. The van der Waals surface area contributed by atoms with Crippen molar-refractivity contribution in [2.45, 2.75) is 39.5 Å². The molecule has 10 heteroatoms. The van der Waals surface area contributed by atoms with E-state index in [1.54, 1.807) is 0 Å². The second-order valence-corrected chi connectivity index (χ2v) is 8.87. The Bertz CT molecular complexity index is 741. The third-order valence-electron chi connectivity index (χ3n) is 4.67. The molecule has 2 heterocycles. The second-order valence-electron chi connectivity index (χ2n) is 7.16. The van der Waals surface area contributed by atoms with Crippen LogP contribution in [0.1, 0.15) is 37.1 Å². The molecule has 2 aromatic heterocycles. The zero-order chi connectivity index (χ0) is 19.9. The lowest BCUT2D eigenvalue weighted by molar-refractivity contribution is 0.230. The minimum absolute atomic E-state index is 0.215. The Morgan fingerprint density at radius 2 is 1.39 bits per heavy atom. The molecule has 0 aliphatic heterocycles. The van der Waals surface area contributed by atoms with Crippen LogP contribution in [-0.2, 0) is 0 Å². The summed E-state index contributed by atoms with van der Waals surface area (Å²) in [5.41, 5.74) is 1.80. The molecule has 4 amide bonds. The summed E-state index contributed by atoms with van der Waals surface area (Å²) >= 11 is 2.84. The molecule has 1 aliphatic carbocycles. The Morgan fingerprint density at radius 3 is 1.79 bits per heavy atom. The fourth-order valence-corrected chi connectivity index (χ4v) is 4.72. The van der Waals surface area contributed by atoms with E-state index in [0.29, 0.717) is 35.2 Å². The molecule has 28 heavy (non-hydrogen) atoms. The Labute approximate surface area is 172 Å². The molecule has 0 spiro atoms. The quantitative estimate of drug-likeness (QED) is 0.565. The van der Waals surface area contributed by atoms with Crippen LogP contribution in [0.15, 0.2) is 10.8 Å². The van der Waals surface area contributed by atoms with Crippen molar-refractivity contribution in [3.05, 3.63) is 22.1 Å². The molecule has 0 radical (unpaired) electrons. The van der Waals surface area contributed by atoms with Crippen LogP contribution in [-0.4, -0.2) is 35.1 Å². The lowest BCUT2D eigenvalue weighted by Crippen LogP contribution is -2.38. The molecule has 4 N–H and O–H groups in total. The third-order valence-corrected chi connectivity index (χ3v) is 6.42. The summed E-state index contributed by atoms with van der Waals surface area (Å²) in [5.74, 6) is 0.850. The van der Waals surface area contributed by atoms with Crippen molar-refractivity contribution in [3.63, 3.8) is 0 Å². The summed E-state index contributed by atoms with van der Waals surface area (Å²) in [4.78, 5) is 32.5. The molecular formula is C18H26N6O2S2. The number of amides is 4.